The molecule has 0 saturated heterocycles. The predicted octanol–water partition coefficient (Wildman–Crippen LogP) is 1.06. The van der Waals surface area contributed by atoms with Crippen molar-refractivity contribution in [1.29, 1.82) is 0 Å². The van der Waals surface area contributed by atoms with Gasteiger partial charge in [0, 0.05) is 19.6 Å². The summed E-state index contributed by atoms with van der Waals surface area (Å²) in [6.07, 6.45) is 0.247. The van der Waals surface area contributed by atoms with E-state index >= 15 is 0 Å². The molecule has 6 heteroatoms. The third kappa shape index (κ3) is 7.29. The van der Waals surface area contributed by atoms with Gasteiger partial charge in [-0.1, -0.05) is 12.1 Å². The van der Waals surface area contributed by atoms with Crippen LogP contribution < -0.4 is 16.0 Å². The van der Waals surface area contributed by atoms with E-state index in [-0.39, 0.29) is 18.1 Å². The molecule has 0 atom stereocenters. The highest BCUT2D eigenvalue weighted by atomic mass is 19.1. The summed E-state index contributed by atoms with van der Waals surface area (Å²) in [6, 6.07) is 5.93. The molecular formula is C15H23FN4O. The normalized spacial score (nSPS) is 9.86. The summed E-state index contributed by atoms with van der Waals surface area (Å²) in [7, 11) is 0. The van der Waals surface area contributed by atoms with Gasteiger partial charge in [0.05, 0.1) is 13.0 Å². The number of carbonyl (C=O) groups is 1. The number of nitrogens with one attached hydrogen (secondary N) is 3. The molecule has 0 aliphatic carbocycles. The predicted molar refractivity (Wildman–Crippen MR) is 82.8 cm³/mol. The number of halogens is 1. The number of guanidine groups is 1. The van der Waals surface area contributed by atoms with Gasteiger partial charge in [0.2, 0.25) is 5.91 Å². The van der Waals surface area contributed by atoms with E-state index in [9.17, 15) is 9.18 Å². The number of hydrogen-bond acceptors (Lipinski definition) is 2. The molecule has 0 aliphatic rings. The summed E-state index contributed by atoms with van der Waals surface area (Å²) in [4.78, 5) is 16.0. The van der Waals surface area contributed by atoms with Crippen LogP contribution >= 0.6 is 0 Å². The second-order valence-corrected chi connectivity index (χ2v) is 4.44. The fourth-order valence-corrected chi connectivity index (χ4v) is 1.72. The van der Waals surface area contributed by atoms with Crippen molar-refractivity contribution in [3.8, 4) is 0 Å². The van der Waals surface area contributed by atoms with Gasteiger partial charge < -0.3 is 16.0 Å². The minimum Gasteiger partial charge on any atom is -0.357 e. The van der Waals surface area contributed by atoms with Crippen LogP contribution in [0.2, 0.25) is 0 Å². The summed E-state index contributed by atoms with van der Waals surface area (Å²) in [5.41, 5.74) is 0.790. The fourth-order valence-electron chi connectivity index (χ4n) is 1.72. The number of carbonyl (C=O) groups excluding carboxylic acids is 1. The topological polar surface area (TPSA) is 65.5 Å². The first-order valence-corrected chi connectivity index (χ1v) is 7.19. The quantitative estimate of drug-likeness (QED) is 0.400. The molecule has 21 heavy (non-hydrogen) atoms. The van der Waals surface area contributed by atoms with E-state index in [4.69, 9.17) is 0 Å². The van der Waals surface area contributed by atoms with Gasteiger partial charge in [0.25, 0.3) is 0 Å². The largest absolute Gasteiger partial charge is 0.357 e. The molecule has 5 nitrogen and oxygen atoms in total. The first-order chi connectivity index (χ1) is 10.2. The molecule has 0 saturated carbocycles. The second kappa shape index (κ2) is 9.74. The van der Waals surface area contributed by atoms with Crippen LogP contribution in [0.15, 0.2) is 29.3 Å². The highest BCUT2D eigenvalue weighted by molar-refractivity contribution is 5.80. The zero-order valence-corrected chi connectivity index (χ0v) is 12.6. The highest BCUT2D eigenvalue weighted by Crippen LogP contribution is 2.03. The lowest BCUT2D eigenvalue weighted by atomic mass is 10.1. The third-order valence-electron chi connectivity index (χ3n) is 2.67. The van der Waals surface area contributed by atoms with E-state index in [0.29, 0.717) is 13.1 Å². The molecule has 0 bridgehead atoms. The van der Waals surface area contributed by atoms with Gasteiger partial charge in [-0.05, 0) is 31.5 Å². The van der Waals surface area contributed by atoms with E-state index in [1.54, 1.807) is 12.1 Å². The number of nitrogens with zero attached hydrogens (tertiary/aromatic N) is 1. The Kier molecular flexibility index (Phi) is 7.86. The van der Waals surface area contributed by atoms with Crippen LogP contribution in [-0.2, 0) is 11.2 Å². The van der Waals surface area contributed by atoms with Gasteiger partial charge >= 0.3 is 0 Å². The fraction of sp³-hybridized carbons (Fsp3) is 0.467. The van der Waals surface area contributed by atoms with Crippen molar-refractivity contribution in [2.24, 2.45) is 4.99 Å². The van der Waals surface area contributed by atoms with Gasteiger partial charge in [-0.2, -0.15) is 0 Å². The Morgan fingerprint density at radius 3 is 2.29 bits per heavy atom. The molecule has 1 aromatic rings. The van der Waals surface area contributed by atoms with E-state index in [1.807, 2.05) is 13.8 Å². The molecule has 0 radical (unpaired) electrons. The average molecular weight is 294 g/mol. The van der Waals surface area contributed by atoms with E-state index in [0.717, 1.165) is 24.6 Å². The maximum absolute atomic E-state index is 12.7. The molecule has 116 valence electrons. The standard InChI is InChI=1S/C15H23FN4O/c1-3-17-15(18-4-2)20-10-9-19-14(21)11-12-5-7-13(16)8-6-12/h5-8H,3-4,9-11H2,1-2H3,(H,19,21)(H2,17,18,20). The monoisotopic (exact) mass is 294 g/mol. The Labute approximate surface area is 125 Å². The van der Waals surface area contributed by atoms with Crippen molar-refractivity contribution in [1.82, 2.24) is 16.0 Å². The van der Waals surface area contributed by atoms with Crippen molar-refractivity contribution in [3.05, 3.63) is 35.6 Å². The molecule has 0 heterocycles. The van der Waals surface area contributed by atoms with Crippen molar-refractivity contribution in [3.63, 3.8) is 0 Å². The zero-order valence-electron chi connectivity index (χ0n) is 12.6. The highest BCUT2D eigenvalue weighted by Gasteiger charge is 2.02. The Morgan fingerprint density at radius 1 is 1.10 bits per heavy atom. The maximum atomic E-state index is 12.7. The molecule has 0 unspecified atom stereocenters. The summed E-state index contributed by atoms with van der Waals surface area (Å²) >= 11 is 0. The number of benzene rings is 1. The Balaban J connectivity index is 2.29. The minimum absolute atomic E-state index is 0.0924. The van der Waals surface area contributed by atoms with Crippen LogP contribution in [-0.4, -0.2) is 38.0 Å². The Hall–Kier alpha value is -2.11. The molecule has 1 rings (SSSR count). The molecule has 0 aliphatic heterocycles. The molecule has 3 N–H and O–H groups in total. The van der Waals surface area contributed by atoms with Crippen LogP contribution in [0.4, 0.5) is 4.39 Å². The summed E-state index contributed by atoms with van der Waals surface area (Å²) in [5, 5.41) is 9.00. The van der Waals surface area contributed by atoms with E-state index in [2.05, 4.69) is 20.9 Å². The lowest BCUT2D eigenvalue weighted by molar-refractivity contribution is -0.120. The van der Waals surface area contributed by atoms with Crippen molar-refractivity contribution >= 4 is 11.9 Å². The number of hydrogen-bond donors (Lipinski definition) is 3. The molecule has 1 amide bonds. The molecule has 1 aromatic carbocycles. The van der Waals surface area contributed by atoms with Gasteiger partial charge in [0.15, 0.2) is 5.96 Å². The van der Waals surface area contributed by atoms with Crippen molar-refractivity contribution in [2.75, 3.05) is 26.2 Å². The summed E-state index contributed by atoms with van der Waals surface area (Å²) in [6.45, 7) is 6.56. The summed E-state index contributed by atoms with van der Waals surface area (Å²) < 4.78 is 12.7. The van der Waals surface area contributed by atoms with Crippen LogP contribution in [0.3, 0.4) is 0 Å². The van der Waals surface area contributed by atoms with Gasteiger partial charge in [-0.15, -0.1) is 0 Å². The Morgan fingerprint density at radius 2 is 1.71 bits per heavy atom. The smallest absolute Gasteiger partial charge is 0.224 e. The number of aliphatic imine (C=N–C) groups is 1. The van der Waals surface area contributed by atoms with Crippen LogP contribution in [0, 0.1) is 5.82 Å². The minimum atomic E-state index is -0.298. The first kappa shape index (κ1) is 16.9. The number of amides is 1. The molecule has 0 spiro atoms. The first-order valence-electron chi connectivity index (χ1n) is 7.19. The van der Waals surface area contributed by atoms with Gasteiger partial charge in [-0.25, -0.2) is 4.39 Å². The number of rotatable bonds is 7. The maximum Gasteiger partial charge on any atom is 0.224 e. The van der Waals surface area contributed by atoms with Crippen LogP contribution in [0.1, 0.15) is 19.4 Å². The van der Waals surface area contributed by atoms with Gasteiger partial charge in [0.1, 0.15) is 5.82 Å². The van der Waals surface area contributed by atoms with Crippen molar-refractivity contribution < 1.29 is 9.18 Å². The third-order valence-corrected chi connectivity index (χ3v) is 2.67. The molecular weight excluding hydrogens is 271 g/mol. The lowest BCUT2D eigenvalue weighted by Crippen LogP contribution is -2.38. The lowest BCUT2D eigenvalue weighted by Gasteiger charge is -2.09. The van der Waals surface area contributed by atoms with Crippen molar-refractivity contribution in [2.45, 2.75) is 20.3 Å². The average Bonchev–Trinajstić information content (AvgIpc) is 2.46. The molecule has 0 fully saturated rings. The second-order valence-electron chi connectivity index (χ2n) is 4.44. The van der Waals surface area contributed by atoms with Crippen LogP contribution in [0.5, 0.6) is 0 Å². The SMILES string of the molecule is CCNC(=NCCNC(=O)Cc1ccc(F)cc1)NCC. The molecule has 0 aromatic heterocycles. The van der Waals surface area contributed by atoms with E-state index < -0.39 is 0 Å². The van der Waals surface area contributed by atoms with Gasteiger partial charge in [-0.3, -0.25) is 9.79 Å². The van der Waals surface area contributed by atoms with Crippen LogP contribution in [0.25, 0.3) is 0 Å². The van der Waals surface area contributed by atoms with E-state index in [1.165, 1.54) is 12.1 Å². The summed E-state index contributed by atoms with van der Waals surface area (Å²) in [5.74, 6) is 0.353. The Bertz CT molecular complexity index is 451. The zero-order chi connectivity index (χ0) is 15.5.